The molecule has 2 aromatic heterocycles. The number of carbonyl (C=O) groups excluding carboxylic acids is 2. The first-order valence-corrected chi connectivity index (χ1v) is 9.86. The Morgan fingerprint density at radius 1 is 1.28 bits per heavy atom. The number of primary amides is 1. The van der Waals surface area contributed by atoms with Gasteiger partial charge in [-0.25, -0.2) is 4.79 Å². The minimum Gasteiger partial charge on any atom is -0.491 e. The lowest BCUT2D eigenvalue weighted by molar-refractivity contribution is 0.0536. The maximum Gasteiger partial charge on any atom is 0.316 e. The van der Waals surface area contributed by atoms with Crippen LogP contribution in [0.4, 0.5) is 10.5 Å². The third-order valence-electron chi connectivity index (χ3n) is 3.73. The van der Waals surface area contributed by atoms with E-state index in [-0.39, 0.29) is 23.8 Å². The summed E-state index contributed by atoms with van der Waals surface area (Å²) in [6.45, 7) is 5.36. The standard InChI is InChI=1S/C18H18N2O6S.C2H6/c1-9-2-5-14(27-9)16(23)17-15(20-18(19)24)12-4-3-11(6-13(12)26-17)25-8-10(22)7-21;1-2/h2-6,10,21-22H,7-8H2,1H3,(H3,19,20,24);1-2H3. The van der Waals surface area contributed by atoms with Gasteiger partial charge < -0.3 is 30.4 Å². The zero-order chi connectivity index (χ0) is 21.6. The molecule has 9 heteroatoms. The van der Waals surface area contributed by atoms with Crippen LogP contribution in [0.15, 0.2) is 34.7 Å². The number of aliphatic hydroxyl groups is 2. The highest BCUT2D eigenvalue weighted by Gasteiger charge is 2.24. The van der Waals surface area contributed by atoms with E-state index in [0.717, 1.165) is 4.88 Å². The molecule has 1 aromatic carbocycles. The number of rotatable bonds is 7. The van der Waals surface area contributed by atoms with Crippen molar-refractivity contribution >= 4 is 39.8 Å². The molecule has 0 saturated carbocycles. The Hall–Kier alpha value is -2.88. The number of thiophene rings is 1. The van der Waals surface area contributed by atoms with Crippen LogP contribution in [0.1, 0.15) is 34.2 Å². The van der Waals surface area contributed by atoms with Crippen molar-refractivity contribution in [1.29, 1.82) is 0 Å². The lowest BCUT2D eigenvalue weighted by Crippen LogP contribution is -2.21. The van der Waals surface area contributed by atoms with Crippen LogP contribution in [0.5, 0.6) is 5.75 Å². The van der Waals surface area contributed by atoms with Crippen molar-refractivity contribution in [2.24, 2.45) is 5.73 Å². The molecular weight excluding hydrogens is 396 g/mol. The number of aliphatic hydroxyl groups excluding tert-OH is 2. The number of hydrogen-bond donors (Lipinski definition) is 4. The lowest BCUT2D eigenvalue weighted by atomic mass is 10.1. The summed E-state index contributed by atoms with van der Waals surface area (Å²) >= 11 is 1.32. The number of hydrogen-bond acceptors (Lipinski definition) is 7. The van der Waals surface area contributed by atoms with Crippen molar-refractivity contribution in [3.63, 3.8) is 0 Å². The molecule has 29 heavy (non-hydrogen) atoms. The molecule has 0 aliphatic rings. The van der Waals surface area contributed by atoms with Gasteiger partial charge in [0.1, 0.15) is 29.7 Å². The molecule has 1 atom stereocenters. The highest BCUT2D eigenvalue weighted by Crippen LogP contribution is 2.35. The number of amides is 2. The van der Waals surface area contributed by atoms with E-state index in [4.69, 9.17) is 20.0 Å². The largest absolute Gasteiger partial charge is 0.491 e. The van der Waals surface area contributed by atoms with E-state index in [9.17, 15) is 14.7 Å². The summed E-state index contributed by atoms with van der Waals surface area (Å²) in [5.41, 5.74) is 5.74. The Balaban J connectivity index is 0.00000145. The van der Waals surface area contributed by atoms with Crippen LogP contribution in [-0.4, -0.2) is 41.3 Å². The number of furan rings is 1. The number of aryl methyl sites for hydroxylation is 1. The number of anilines is 1. The summed E-state index contributed by atoms with van der Waals surface area (Å²) < 4.78 is 11.1. The van der Waals surface area contributed by atoms with Crippen molar-refractivity contribution < 1.29 is 29.0 Å². The predicted octanol–water partition coefficient (Wildman–Crippen LogP) is 3.28. The van der Waals surface area contributed by atoms with Gasteiger partial charge in [0, 0.05) is 16.3 Å². The van der Waals surface area contributed by atoms with Crippen LogP contribution in [0, 0.1) is 6.92 Å². The summed E-state index contributed by atoms with van der Waals surface area (Å²) in [5.74, 6) is -0.0234. The van der Waals surface area contributed by atoms with Gasteiger partial charge in [-0.2, -0.15) is 0 Å². The molecule has 0 bridgehead atoms. The molecule has 0 spiro atoms. The Morgan fingerprint density at radius 3 is 2.59 bits per heavy atom. The Labute approximate surface area is 171 Å². The fraction of sp³-hybridized carbons (Fsp3) is 0.300. The number of nitrogens with one attached hydrogen (secondary N) is 1. The number of urea groups is 1. The van der Waals surface area contributed by atoms with E-state index in [2.05, 4.69) is 5.32 Å². The molecule has 0 radical (unpaired) electrons. The van der Waals surface area contributed by atoms with E-state index in [0.29, 0.717) is 21.6 Å². The van der Waals surface area contributed by atoms with Crippen molar-refractivity contribution in [3.8, 4) is 5.75 Å². The summed E-state index contributed by atoms with van der Waals surface area (Å²) in [4.78, 5) is 25.6. The van der Waals surface area contributed by atoms with Crippen molar-refractivity contribution in [3.05, 3.63) is 45.8 Å². The Bertz CT molecular complexity index is 994. The van der Waals surface area contributed by atoms with Gasteiger partial charge in [-0.1, -0.05) is 13.8 Å². The first-order valence-electron chi connectivity index (χ1n) is 9.05. The number of carbonyl (C=O) groups is 2. The van der Waals surface area contributed by atoms with Gasteiger partial charge in [-0.05, 0) is 31.2 Å². The van der Waals surface area contributed by atoms with Gasteiger partial charge in [0.15, 0.2) is 5.76 Å². The third-order valence-corrected chi connectivity index (χ3v) is 4.73. The molecule has 8 nitrogen and oxygen atoms in total. The molecule has 2 amide bonds. The Morgan fingerprint density at radius 2 is 2.00 bits per heavy atom. The smallest absolute Gasteiger partial charge is 0.316 e. The first kappa shape index (κ1) is 22.4. The minimum absolute atomic E-state index is 0.0295. The monoisotopic (exact) mass is 420 g/mol. The van der Waals surface area contributed by atoms with Gasteiger partial charge in [0.2, 0.25) is 5.78 Å². The van der Waals surface area contributed by atoms with Crippen molar-refractivity contribution in [2.45, 2.75) is 26.9 Å². The molecule has 156 valence electrons. The SMILES string of the molecule is CC.Cc1ccc(C(=O)c2oc3cc(OCC(O)CO)ccc3c2NC(N)=O)s1. The molecule has 1 unspecified atom stereocenters. The number of nitrogens with two attached hydrogens (primary N) is 1. The van der Waals surface area contributed by atoms with Crippen LogP contribution in [-0.2, 0) is 0 Å². The summed E-state index contributed by atoms with van der Waals surface area (Å²) in [7, 11) is 0. The molecule has 0 fully saturated rings. The molecule has 3 rings (SSSR count). The van der Waals surface area contributed by atoms with E-state index in [1.54, 1.807) is 18.2 Å². The van der Waals surface area contributed by atoms with E-state index >= 15 is 0 Å². The topological polar surface area (TPSA) is 135 Å². The number of fused-ring (bicyclic) bond motifs is 1. The van der Waals surface area contributed by atoms with E-state index in [1.165, 1.54) is 17.4 Å². The predicted molar refractivity (Wildman–Crippen MR) is 112 cm³/mol. The highest BCUT2D eigenvalue weighted by atomic mass is 32.1. The molecular formula is C20H24N2O6S. The fourth-order valence-electron chi connectivity index (χ4n) is 2.49. The molecule has 0 aliphatic carbocycles. The first-order chi connectivity index (χ1) is 13.9. The summed E-state index contributed by atoms with van der Waals surface area (Å²) in [6, 6.07) is 7.43. The molecule has 0 aliphatic heterocycles. The molecule has 2 heterocycles. The van der Waals surface area contributed by atoms with Gasteiger partial charge in [-0.3, -0.25) is 4.79 Å². The number of benzene rings is 1. The van der Waals surface area contributed by atoms with Gasteiger partial charge in [0.05, 0.1) is 11.5 Å². The molecule has 0 saturated heterocycles. The lowest BCUT2D eigenvalue weighted by Gasteiger charge is -2.09. The van der Waals surface area contributed by atoms with Crippen LogP contribution in [0.2, 0.25) is 0 Å². The summed E-state index contributed by atoms with van der Waals surface area (Å²) in [5, 5.41) is 21.2. The van der Waals surface area contributed by atoms with Gasteiger partial charge in [0.25, 0.3) is 0 Å². The zero-order valence-corrected chi connectivity index (χ0v) is 17.2. The van der Waals surface area contributed by atoms with Crippen LogP contribution >= 0.6 is 11.3 Å². The number of ketones is 1. The summed E-state index contributed by atoms with van der Waals surface area (Å²) in [6.07, 6.45) is -1.01. The van der Waals surface area contributed by atoms with Gasteiger partial charge in [-0.15, -0.1) is 11.3 Å². The number of ether oxygens (including phenoxy) is 1. The quantitative estimate of drug-likeness (QED) is 0.433. The third kappa shape index (κ3) is 5.35. The van der Waals surface area contributed by atoms with Crippen LogP contribution in [0.25, 0.3) is 11.0 Å². The highest BCUT2D eigenvalue weighted by molar-refractivity contribution is 7.14. The average Bonchev–Trinajstić information content (AvgIpc) is 3.30. The van der Waals surface area contributed by atoms with Crippen LogP contribution in [0.3, 0.4) is 0 Å². The average molecular weight is 420 g/mol. The maximum absolute atomic E-state index is 12.8. The Kier molecular flexibility index (Phi) is 7.77. The normalized spacial score (nSPS) is 11.5. The molecule has 5 N–H and O–H groups in total. The van der Waals surface area contributed by atoms with E-state index in [1.807, 2.05) is 26.8 Å². The van der Waals surface area contributed by atoms with Crippen molar-refractivity contribution in [1.82, 2.24) is 0 Å². The zero-order valence-electron chi connectivity index (χ0n) is 16.4. The second kappa shape index (κ2) is 10.1. The molecule has 3 aromatic rings. The van der Waals surface area contributed by atoms with Crippen LogP contribution < -0.4 is 15.8 Å². The second-order valence-corrected chi connectivity index (χ2v) is 7.13. The van der Waals surface area contributed by atoms with Crippen molar-refractivity contribution in [2.75, 3.05) is 18.5 Å². The second-order valence-electron chi connectivity index (χ2n) is 5.84. The fourth-order valence-corrected chi connectivity index (χ4v) is 3.29. The minimum atomic E-state index is -1.01. The maximum atomic E-state index is 12.8. The van der Waals surface area contributed by atoms with Gasteiger partial charge >= 0.3 is 6.03 Å². The van der Waals surface area contributed by atoms with E-state index < -0.39 is 18.7 Å².